The van der Waals surface area contributed by atoms with Crippen LogP contribution in [0.4, 0.5) is 0 Å². The van der Waals surface area contributed by atoms with Crippen molar-refractivity contribution in [2.75, 3.05) is 20.8 Å². The third-order valence-corrected chi connectivity index (χ3v) is 6.03. The zero-order chi connectivity index (χ0) is 17.0. The van der Waals surface area contributed by atoms with Gasteiger partial charge in [-0.05, 0) is 36.8 Å². The summed E-state index contributed by atoms with van der Waals surface area (Å²) in [4.78, 5) is 0.968. The molecule has 0 aliphatic heterocycles. The second-order valence-electron chi connectivity index (χ2n) is 4.87. The van der Waals surface area contributed by atoms with Crippen LogP contribution >= 0.6 is 22.9 Å². The average Bonchev–Trinajstić information content (AvgIpc) is 2.94. The molecule has 1 aromatic heterocycles. The van der Waals surface area contributed by atoms with Crippen molar-refractivity contribution < 1.29 is 17.9 Å². The molecule has 2 aromatic rings. The van der Waals surface area contributed by atoms with E-state index in [0.717, 1.165) is 10.4 Å². The number of rotatable bonds is 7. The molecule has 0 radical (unpaired) electrons. The minimum Gasteiger partial charge on any atom is -0.495 e. The van der Waals surface area contributed by atoms with Crippen LogP contribution in [0.5, 0.6) is 5.75 Å². The van der Waals surface area contributed by atoms with Crippen LogP contribution in [0.2, 0.25) is 4.34 Å². The van der Waals surface area contributed by atoms with Gasteiger partial charge in [0.05, 0.1) is 11.4 Å². The van der Waals surface area contributed by atoms with E-state index in [0.29, 0.717) is 10.1 Å². The molecule has 0 aliphatic rings. The summed E-state index contributed by atoms with van der Waals surface area (Å²) in [6.07, 6.45) is -0.405. The predicted molar refractivity (Wildman–Crippen MR) is 92.0 cm³/mol. The minimum atomic E-state index is -3.72. The molecule has 126 valence electrons. The number of ether oxygens (including phenoxy) is 2. The highest BCUT2D eigenvalue weighted by molar-refractivity contribution is 7.89. The van der Waals surface area contributed by atoms with Gasteiger partial charge in [-0.25, -0.2) is 13.1 Å². The zero-order valence-corrected chi connectivity index (χ0v) is 15.4. The molecule has 1 heterocycles. The molecule has 1 aromatic carbocycles. The second-order valence-corrected chi connectivity index (χ2v) is 8.35. The Morgan fingerprint density at radius 2 is 2.00 bits per heavy atom. The van der Waals surface area contributed by atoms with Gasteiger partial charge in [-0.3, -0.25) is 0 Å². The Bertz CT molecular complexity index is 774. The highest BCUT2D eigenvalue weighted by atomic mass is 35.5. The van der Waals surface area contributed by atoms with Crippen LogP contribution in [0, 0.1) is 6.92 Å². The number of nitrogens with one attached hydrogen (secondary N) is 1. The Hall–Kier alpha value is -1.12. The van der Waals surface area contributed by atoms with Gasteiger partial charge in [-0.15, -0.1) is 11.3 Å². The number of aryl methyl sites for hydroxylation is 1. The quantitative estimate of drug-likeness (QED) is 0.805. The van der Waals surface area contributed by atoms with Crippen molar-refractivity contribution >= 4 is 33.0 Å². The fourth-order valence-electron chi connectivity index (χ4n) is 2.06. The minimum absolute atomic E-state index is 0.104. The van der Waals surface area contributed by atoms with E-state index in [1.165, 1.54) is 25.6 Å². The van der Waals surface area contributed by atoms with Gasteiger partial charge >= 0.3 is 0 Å². The van der Waals surface area contributed by atoms with Crippen molar-refractivity contribution in [2.24, 2.45) is 0 Å². The Morgan fingerprint density at radius 3 is 2.57 bits per heavy atom. The standard InChI is InChI=1S/C15H18ClNO4S2/c1-10-4-5-11(20-2)14(8-10)23(18,19)17-9-12(21-3)13-6-7-15(16)22-13/h4-8,12,17H,9H2,1-3H3. The van der Waals surface area contributed by atoms with Crippen LogP contribution in [0.3, 0.4) is 0 Å². The lowest BCUT2D eigenvalue weighted by atomic mass is 10.2. The molecule has 0 amide bonds. The number of benzene rings is 1. The summed E-state index contributed by atoms with van der Waals surface area (Å²) >= 11 is 7.27. The molecule has 5 nitrogen and oxygen atoms in total. The van der Waals surface area contributed by atoms with Crippen LogP contribution in [0.25, 0.3) is 0 Å². The maximum Gasteiger partial charge on any atom is 0.244 e. The Labute approximate surface area is 145 Å². The number of hydrogen-bond donors (Lipinski definition) is 1. The Morgan fingerprint density at radius 1 is 1.26 bits per heavy atom. The summed E-state index contributed by atoms with van der Waals surface area (Å²) in [5, 5.41) is 0. The van der Waals surface area contributed by atoms with E-state index in [1.807, 2.05) is 13.0 Å². The molecule has 1 atom stereocenters. The largest absolute Gasteiger partial charge is 0.495 e. The Kier molecular flexibility index (Phi) is 6.05. The van der Waals surface area contributed by atoms with Crippen LogP contribution in [-0.2, 0) is 14.8 Å². The van der Waals surface area contributed by atoms with Gasteiger partial charge in [0, 0.05) is 18.5 Å². The molecule has 8 heteroatoms. The topological polar surface area (TPSA) is 64.6 Å². The molecule has 0 bridgehead atoms. The molecule has 0 saturated carbocycles. The van der Waals surface area contributed by atoms with Crippen molar-refractivity contribution in [1.82, 2.24) is 4.72 Å². The summed E-state index contributed by atoms with van der Waals surface area (Å²) in [5.74, 6) is 0.302. The lowest BCUT2D eigenvalue weighted by Gasteiger charge is -2.16. The van der Waals surface area contributed by atoms with Crippen LogP contribution in [0.15, 0.2) is 35.2 Å². The van der Waals surface area contributed by atoms with E-state index in [9.17, 15) is 8.42 Å². The molecular formula is C15H18ClNO4S2. The molecule has 23 heavy (non-hydrogen) atoms. The van der Waals surface area contributed by atoms with Gasteiger partial charge in [0.1, 0.15) is 16.7 Å². The van der Waals surface area contributed by atoms with Gasteiger partial charge in [0.15, 0.2) is 0 Å². The summed E-state index contributed by atoms with van der Waals surface area (Å²) < 4.78 is 38.8. The molecular weight excluding hydrogens is 358 g/mol. The van der Waals surface area contributed by atoms with Gasteiger partial charge < -0.3 is 9.47 Å². The van der Waals surface area contributed by atoms with E-state index in [-0.39, 0.29) is 11.4 Å². The first-order valence-electron chi connectivity index (χ1n) is 6.79. The maximum absolute atomic E-state index is 12.6. The fourth-order valence-corrected chi connectivity index (χ4v) is 4.48. The van der Waals surface area contributed by atoms with Crippen LogP contribution in [-0.4, -0.2) is 29.2 Å². The van der Waals surface area contributed by atoms with Crippen molar-refractivity contribution in [3.8, 4) is 5.75 Å². The van der Waals surface area contributed by atoms with E-state index in [1.54, 1.807) is 24.3 Å². The summed E-state index contributed by atoms with van der Waals surface area (Å²) in [6.45, 7) is 1.93. The fraction of sp³-hybridized carbons (Fsp3) is 0.333. The smallest absolute Gasteiger partial charge is 0.244 e. The summed E-state index contributed by atoms with van der Waals surface area (Å²) in [5.41, 5.74) is 0.833. The van der Waals surface area contributed by atoms with Gasteiger partial charge in [0.25, 0.3) is 0 Å². The molecule has 0 saturated heterocycles. The van der Waals surface area contributed by atoms with Crippen LogP contribution < -0.4 is 9.46 Å². The normalized spacial score (nSPS) is 13.0. The average molecular weight is 376 g/mol. The third-order valence-electron chi connectivity index (χ3n) is 3.26. The number of hydrogen-bond acceptors (Lipinski definition) is 5. The first-order chi connectivity index (χ1) is 10.9. The summed E-state index contributed by atoms with van der Waals surface area (Å²) in [7, 11) is -0.748. The second kappa shape index (κ2) is 7.63. The highest BCUT2D eigenvalue weighted by Crippen LogP contribution is 2.29. The zero-order valence-electron chi connectivity index (χ0n) is 13.0. The highest BCUT2D eigenvalue weighted by Gasteiger charge is 2.22. The number of sulfonamides is 1. The Balaban J connectivity index is 2.19. The first kappa shape index (κ1) is 18.2. The predicted octanol–water partition coefficient (Wildman–Crippen LogP) is 3.38. The van der Waals surface area contributed by atoms with Gasteiger partial charge in [-0.1, -0.05) is 17.7 Å². The van der Waals surface area contributed by atoms with E-state index in [4.69, 9.17) is 21.1 Å². The van der Waals surface area contributed by atoms with Crippen molar-refractivity contribution in [2.45, 2.75) is 17.9 Å². The monoisotopic (exact) mass is 375 g/mol. The molecule has 1 N–H and O–H groups in total. The molecule has 0 aliphatic carbocycles. The van der Waals surface area contributed by atoms with Gasteiger partial charge in [-0.2, -0.15) is 0 Å². The lowest BCUT2D eigenvalue weighted by Crippen LogP contribution is -2.29. The molecule has 0 fully saturated rings. The van der Waals surface area contributed by atoms with Crippen LogP contribution in [0.1, 0.15) is 16.5 Å². The lowest BCUT2D eigenvalue weighted by molar-refractivity contribution is 0.110. The van der Waals surface area contributed by atoms with Crippen molar-refractivity contribution in [1.29, 1.82) is 0 Å². The molecule has 0 spiro atoms. The molecule has 1 unspecified atom stereocenters. The number of halogens is 1. The van der Waals surface area contributed by atoms with E-state index in [2.05, 4.69) is 4.72 Å². The number of methoxy groups -OCH3 is 2. The summed E-state index contributed by atoms with van der Waals surface area (Å²) in [6, 6.07) is 8.58. The van der Waals surface area contributed by atoms with E-state index >= 15 is 0 Å². The van der Waals surface area contributed by atoms with Crippen molar-refractivity contribution in [3.63, 3.8) is 0 Å². The van der Waals surface area contributed by atoms with E-state index < -0.39 is 16.1 Å². The SMILES string of the molecule is COc1ccc(C)cc1S(=O)(=O)NCC(OC)c1ccc(Cl)s1. The first-order valence-corrected chi connectivity index (χ1v) is 9.47. The van der Waals surface area contributed by atoms with Crippen molar-refractivity contribution in [3.05, 3.63) is 45.1 Å². The third kappa shape index (κ3) is 4.45. The molecule has 2 rings (SSSR count). The maximum atomic E-state index is 12.6. The number of thiophene rings is 1. The van der Waals surface area contributed by atoms with Gasteiger partial charge in [0.2, 0.25) is 10.0 Å².